The second-order valence-electron chi connectivity index (χ2n) is 8.75. The van der Waals surface area contributed by atoms with Gasteiger partial charge < -0.3 is 14.8 Å². The van der Waals surface area contributed by atoms with Gasteiger partial charge in [0.15, 0.2) is 18.1 Å². The van der Waals surface area contributed by atoms with Gasteiger partial charge in [0.25, 0.3) is 17.7 Å². The number of aryl methyl sites for hydroxylation is 2. The molecule has 1 aliphatic rings. The lowest BCUT2D eigenvalue weighted by molar-refractivity contribution is -0.122. The van der Waals surface area contributed by atoms with Gasteiger partial charge in [0, 0.05) is 10.2 Å². The molecule has 0 aromatic heterocycles. The smallest absolute Gasteiger partial charge is 0.335 e. The Kier molecular flexibility index (Phi) is 8.46. The Balaban J connectivity index is 1.57. The van der Waals surface area contributed by atoms with Gasteiger partial charge in [-0.15, -0.1) is 0 Å². The number of amides is 5. The number of benzene rings is 3. The molecule has 10 heteroatoms. The van der Waals surface area contributed by atoms with Crippen molar-refractivity contribution in [2.45, 2.75) is 20.8 Å². The van der Waals surface area contributed by atoms with Crippen molar-refractivity contribution < 1.29 is 28.7 Å². The number of rotatable bonds is 8. The highest BCUT2D eigenvalue weighted by molar-refractivity contribution is 9.10. The average molecular weight is 592 g/mol. The topological polar surface area (TPSA) is 114 Å². The molecule has 0 bridgehead atoms. The fraction of sp³-hybridized carbons (Fsp3) is 0.172. The molecule has 9 nitrogen and oxygen atoms in total. The van der Waals surface area contributed by atoms with Crippen LogP contribution in [0.1, 0.15) is 23.6 Å². The number of ether oxygens (including phenoxy) is 2. The van der Waals surface area contributed by atoms with Crippen LogP contribution in [-0.4, -0.2) is 37.0 Å². The number of urea groups is 1. The van der Waals surface area contributed by atoms with Crippen LogP contribution in [0, 0.1) is 13.8 Å². The minimum atomic E-state index is -0.826. The predicted molar refractivity (Wildman–Crippen MR) is 151 cm³/mol. The molecule has 1 saturated heterocycles. The van der Waals surface area contributed by atoms with Gasteiger partial charge in [0.05, 0.1) is 12.3 Å². The van der Waals surface area contributed by atoms with Gasteiger partial charge >= 0.3 is 6.03 Å². The molecule has 39 heavy (non-hydrogen) atoms. The zero-order valence-electron chi connectivity index (χ0n) is 21.5. The van der Waals surface area contributed by atoms with Gasteiger partial charge in [-0.25, -0.2) is 9.69 Å². The molecule has 4 rings (SSSR count). The van der Waals surface area contributed by atoms with E-state index in [2.05, 4.69) is 26.6 Å². The fourth-order valence-electron chi connectivity index (χ4n) is 3.76. The third-order valence-electron chi connectivity index (χ3n) is 5.75. The quantitative estimate of drug-likeness (QED) is 0.277. The summed E-state index contributed by atoms with van der Waals surface area (Å²) in [6, 6.07) is 16.5. The summed E-state index contributed by atoms with van der Waals surface area (Å²) in [6.07, 6.45) is 1.37. The summed E-state index contributed by atoms with van der Waals surface area (Å²) in [5.41, 5.74) is 3.22. The number of imide groups is 2. The zero-order valence-corrected chi connectivity index (χ0v) is 23.1. The largest absolute Gasteiger partial charge is 0.490 e. The Hall–Kier alpha value is -4.44. The number of nitrogens with zero attached hydrogens (tertiary/aromatic N) is 1. The predicted octanol–water partition coefficient (Wildman–Crippen LogP) is 5.15. The van der Waals surface area contributed by atoms with Gasteiger partial charge in [-0.3, -0.25) is 19.7 Å². The van der Waals surface area contributed by atoms with Crippen molar-refractivity contribution >= 4 is 57.1 Å². The molecular weight excluding hydrogens is 566 g/mol. The van der Waals surface area contributed by atoms with Crippen molar-refractivity contribution in [3.63, 3.8) is 0 Å². The lowest BCUT2D eigenvalue weighted by atomic mass is 10.1. The lowest BCUT2D eigenvalue weighted by Crippen LogP contribution is -2.54. The Morgan fingerprint density at radius 3 is 2.21 bits per heavy atom. The average Bonchev–Trinajstić information content (AvgIpc) is 2.89. The number of barbiturate groups is 1. The second kappa shape index (κ2) is 12.0. The van der Waals surface area contributed by atoms with E-state index in [1.807, 2.05) is 26.0 Å². The first-order chi connectivity index (χ1) is 18.7. The molecular formula is C29H26BrN3O6. The molecule has 2 N–H and O–H groups in total. The highest BCUT2D eigenvalue weighted by Gasteiger charge is 2.37. The molecule has 3 aromatic carbocycles. The minimum absolute atomic E-state index is 0.232. The molecule has 1 aliphatic heterocycles. The van der Waals surface area contributed by atoms with Gasteiger partial charge in [0.2, 0.25) is 0 Å². The van der Waals surface area contributed by atoms with Crippen LogP contribution in [0.15, 0.2) is 70.7 Å². The minimum Gasteiger partial charge on any atom is -0.490 e. The van der Waals surface area contributed by atoms with Crippen LogP contribution >= 0.6 is 15.9 Å². The molecule has 0 spiro atoms. The third-order valence-corrected chi connectivity index (χ3v) is 6.44. The van der Waals surface area contributed by atoms with Crippen LogP contribution in [0.5, 0.6) is 11.5 Å². The van der Waals surface area contributed by atoms with E-state index < -0.39 is 17.8 Å². The Morgan fingerprint density at radius 2 is 1.56 bits per heavy atom. The summed E-state index contributed by atoms with van der Waals surface area (Å²) in [4.78, 5) is 51.6. The van der Waals surface area contributed by atoms with E-state index in [4.69, 9.17) is 9.47 Å². The lowest BCUT2D eigenvalue weighted by Gasteiger charge is -2.26. The van der Waals surface area contributed by atoms with Crippen molar-refractivity contribution in [3.8, 4) is 11.5 Å². The summed E-state index contributed by atoms with van der Waals surface area (Å²) in [5.74, 6) is -1.32. The summed E-state index contributed by atoms with van der Waals surface area (Å²) >= 11 is 3.44. The molecule has 0 saturated carbocycles. The molecule has 5 amide bonds. The van der Waals surface area contributed by atoms with E-state index in [0.29, 0.717) is 39.5 Å². The first-order valence-electron chi connectivity index (χ1n) is 12.1. The van der Waals surface area contributed by atoms with E-state index in [1.165, 1.54) is 6.08 Å². The summed E-state index contributed by atoms with van der Waals surface area (Å²) in [5, 5.41) is 4.98. The number of hydrogen-bond donors (Lipinski definition) is 2. The number of hydrogen-bond acceptors (Lipinski definition) is 6. The molecule has 0 radical (unpaired) electrons. The van der Waals surface area contributed by atoms with Crippen molar-refractivity contribution in [2.24, 2.45) is 0 Å². The third kappa shape index (κ3) is 6.53. The number of carbonyl (C=O) groups excluding carboxylic acids is 4. The number of halogens is 1. The highest BCUT2D eigenvalue weighted by atomic mass is 79.9. The molecule has 200 valence electrons. The summed E-state index contributed by atoms with van der Waals surface area (Å²) < 4.78 is 11.9. The van der Waals surface area contributed by atoms with Crippen molar-refractivity contribution in [1.82, 2.24) is 5.32 Å². The molecule has 0 aliphatic carbocycles. The maximum Gasteiger partial charge on any atom is 0.335 e. The molecule has 1 fully saturated rings. The molecule has 1 heterocycles. The zero-order chi connectivity index (χ0) is 28.1. The first-order valence-corrected chi connectivity index (χ1v) is 12.9. The van der Waals surface area contributed by atoms with Crippen LogP contribution in [0.4, 0.5) is 16.2 Å². The SMILES string of the molecule is CCOc1cc(/C=C2\C(=O)NC(=O)N(c3ccc(C)cc3)C2=O)c(Br)cc1OCC(=O)Nc1ccc(C)cc1. The van der Waals surface area contributed by atoms with E-state index in [9.17, 15) is 19.2 Å². The van der Waals surface area contributed by atoms with Crippen LogP contribution in [0.3, 0.4) is 0 Å². The maximum absolute atomic E-state index is 13.2. The van der Waals surface area contributed by atoms with Gasteiger partial charge in [-0.05, 0) is 68.8 Å². The van der Waals surface area contributed by atoms with Gasteiger partial charge in [0.1, 0.15) is 5.57 Å². The molecule has 0 unspecified atom stereocenters. The maximum atomic E-state index is 13.2. The van der Waals surface area contributed by atoms with E-state index in [-0.39, 0.29) is 18.1 Å². The van der Waals surface area contributed by atoms with E-state index >= 15 is 0 Å². The van der Waals surface area contributed by atoms with Crippen LogP contribution < -0.4 is 25.0 Å². The monoisotopic (exact) mass is 591 g/mol. The van der Waals surface area contributed by atoms with E-state index in [0.717, 1.165) is 16.0 Å². The van der Waals surface area contributed by atoms with Crippen molar-refractivity contribution in [2.75, 3.05) is 23.4 Å². The van der Waals surface area contributed by atoms with Crippen molar-refractivity contribution in [3.05, 3.63) is 87.4 Å². The fourth-order valence-corrected chi connectivity index (χ4v) is 4.20. The number of nitrogens with one attached hydrogen (secondary N) is 2. The van der Waals surface area contributed by atoms with Crippen LogP contribution in [0.25, 0.3) is 6.08 Å². The standard InChI is InChI=1S/C29H26BrN3O6/c1-4-38-24-14-19(23(30)15-25(24)39-16-26(34)31-20-9-5-17(2)6-10-20)13-22-27(35)32-29(37)33(28(22)36)21-11-7-18(3)8-12-21/h5-15H,4,16H2,1-3H3,(H,31,34)(H,32,35,37)/b22-13+. The van der Waals surface area contributed by atoms with E-state index in [1.54, 1.807) is 55.5 Å². The normalized spacial score (nSPS) is 14.3. The summed E-state index contributed by atoms with van der Waals surface area (Å²) in [7, 11) is 0. The first kappa shape index (κ1) is 27.6. The molecule has 0 atom stereocenters. The Bertz CT molecular complexity index is 1470. The van der Waals surface area contributed by atoms with Crippen LogP contribution in [0.2, 0.25) is 0 Å². The van der Waals surface area contributed by atoms with Crippen molar-refractivity contribution in [1.29, 1.82) is 0 Å². The second-order valence-corrected chi connectivity index (χ2v) is 9.60. The Morgan fingerprint density at radius 1 is 0.949 bits per heavy atom. The van der Waals surface area contributed by atoms with Gasteiger partial charge in [-0.2, -0.15) is 0 Å². The Labute approximate surface area is 233 Å². The van der Waals surface area contributed by atoms with Crippen LogP contribution in [-0.2, 0) is 14.4 Å². The highest BCUT2D eigenvalue weighted by Crippen LogP contribution is 2.35. The number of carbonyl (C=O) groups is 4. The van der Waals surface area contributed by atoms with Gasteiger partial charge in [-0.1, -0.05) is 51.3 Å². The number of anilines is 2. The summed E-state index contributed by atoms with van der Waals surface area (Å²) in [6.45, 7) is 5.66. The molecule has 3 aromatic rings.